The first-order valence-electron chi connectivity index (χ1n) is 8.26. The topological polar surface area (TPSA) is 21.8 Å². The van der Waals surface area contributed by atoms with E-state index < -0.39 is 0 Å². The van der Waals surface area contributed by atoms with Crippen molar-refractivity contribution < 1.29 is 0 Å². The van der Waals surface area contributed by atoms with Crippen molar-refractivity contribution in [3.05, 3.63) is 0 Å². The van der Waals surface area contributed by atoms with E-state index >= 15 is 0 Å². The Morgan fingerprint density at radius 3 is 2.00 bits per heavy atom. The minimum absolute atomic E-state index is 0.825. The second kappa shape index (κ2) is 4.99. The first-order chi connectivity index (χ1) is 9.31. The molecule has 0 amide bonds. The number of piperazine rings is 1. The summed E-state index contributed by atoms with van der Waals surface area (Å²) in [6.45, 7) is 11.4. The number of likely N-dealkylation sites (tertiary alicyclic amines) is 1. The highest BCUT2D eigenvalue weighted by Crippen LogP contribution is 2.34. The summed E-state index contributed by atoms with van der Waals surface area (Å²) in [5.41, 5.74) is 0. The van der Waals surface area contributed by atoms with Gasteiger partial charge in [-0.15, -0.1) is 0 Å². The molecular weight excluding hydrogens is 236 g/mol. The molecule has 1 saturated carbocycles. The molecule has 0 aromatic rings. The molecule has 3 aliphatic heterocycles. The predicted octanol–water partition coefficient (Wildman–Crippen LogP) is 0.201. The van der Waals surface area contributed by atoms with E-state index in [1.165, 1.54) is 65.1 Å². The highest BCUT2D eigenvalue weighted by atomic mass is 15.3. The van der Waals surface area contributed by atoms with Gasteiger partial charge in [0.15, 0.2) is 0 Å². The van der Waals surface area contributed by atoms with Crippen LogP contribution in [0.25, 0.3) is 0 Å². The quantitative estimate of drug-likeness (QED) is 0.786. The number of nitrogens with one attached hydrogen (secondary N) is 1. The fourth-order valence-electron chi connectivity index (χ4n) is 4.21. The Kier molecular flexibility index (Phi) is 3.30. The maximum Gasteiger partial charge on any atom is 0.0346 e. The van der Waals surface area contributed by atoms with Gasteiger partial charge in [0, 0.05) is 70.0 Å². The fourth-order valence-corrected chi connectivity index (χ4v) is 4.21. The number of rotatable bonds is 3. The average molecular weight is 264 g/mol. The SMILES string of the molecule is CC1CC(N2CCN(C3CNC3)CC2)CN1C1CC1. The van der Waals surface area contributed by atoms with Gasteiger partial charge in [-0.05, 0) is 26.2 Å². The Bertz CT molecular complexity index is 318. The molecule has 1 aliphatic carbocycles. The number of nitrogens with zero attached hydrogens (tertiary/aromatic N) is 3. The van der Waals surface area contributed by atoms with Crippen LogP contribution in [0.15, 0.2) is 0 Å². The van der Waals surface area contributed by atoms with Crippen LogP contribution in [0.2, 0.25) is 0 Å². The van der Waals surface area contributed by atoms with Crippen molar-refractivity contribution in [2.45, 2.75) is 50.4 Å². The summed E-state index contributed by atoms with van der Waals surface area (Å²) in [6.07, 6.45) is 4.32. The van der Waals surface area contributed by atoms with Crippen LogP contribution in [0.1, 0.15) is 26.2 Å². The molecule has 0 aromatic heterocycles. The van der Waals surface area contributed by atoms with Crippen molar-refractivity contribution in [2.24, 2.45) is 0 Å². The third-order valence-electron chi connectivity index (χ3n) is 5.76. The van der Waals surface area contributed by atoms with E-state index in [4.69, 9.17) is 0 Å². The Balaban J connectivity index is 1.29. The third kappa shape index (κ3) is 2.44. The molecule has 108 valence electrons. The normalized spacial score (nSPS) is 39.6. The average Bonchev–Trinajstić information content (AvgIpc) is 3.12. The molecule has 0 spiro atoms. The summed E-state index contributed by atoms with van der Waals surface area (Å²) in [5, 5.41) is 3.39. The molecule has 3 heterocycles. The molecule has 1 N–H and O–H groups in total. The second-order valence-corrected chi connectivity index (χ2v) is 7.05. The summed E-state index contributed by atoms with van der Waals surface area (Å²) in [4.78, 5) is 8.26. The van der Waals surface area contributed by atoms with Crippen molar-refractivity contribution in [2.75, 3.05) is 45.8 Å². The van der Waals surface area contributed by atoms with Crippen LogP contribution in [-0.4, -0.2) is 84.7 Å². The largest absolute Gasteiger partial charge is 0.314 e. The van der Waals surface area contributed by atoms with Crippen molar-refractivity contribution >= 4 is 0 Å². The van der Waals surface area contributed by atoms with Crippen LogP contribution in [0.5, 0.6) is 0 Å². The molecule has 19 heavy (non-hydrogen) atoms. The summed E-state index contributed by atoms with van der Waals surface area (Å²) < 4.78 is 0. The zero-order valence-electron chi connectivity index (χ0n) is 12.2. The second-order valence-electron chi connectivity index (χ2n) is 7.05. The monoisotopic (exact) mass is 264 g/mol. The van der Waals surface area contributed by atoms with E-state index in [0.717, 1.165) is 24.2 Å². The fraction of sp³-hybridized carbons (Fsp3) is 1.00. The molecule has 0 radical (unpaired) electrons. The summed E-state index contributed by atoms with van der Waals surface area (Å²) in [5.74, 6) is 0. The first kappa shape index (κ1) is 12.6. The number of hydrogen-bond donors (Lipinski definition) is 1. The van der Waals surface area contributed by atoms with Gasteiger partial charge in [0.25, 0.3) is 0 Å². The van der Waals surface area contributed by atoms with E-state index in [9.17, 15) is 0 Å². The summed E-state index contributed by atoms with van der Waals surface area (Å²) in [7, 11) is 0. The maximum absolute atomic E-state index is 3.39. The highest BCUT2D eigenvalue weighted by Gasteiger charge is 2.41. The van der Waals surface area contributed by atoms with Gasteiger partial charge in [0.2, 0.25) is 0 Å². The molecule has 4 aliphatic rings. The molecule has 4 heteroatoms. The van der Waals surface area contributed by atoms with Gasteiger partial charge in [-0.3, -0.25) is 14.7 Å². The third-order valence-corrected chi connectivity index (χ3v) is 5.76. The molecule has 4 rings (SSSR count). The van der Waals surface area contributed by atoms with Crippen LogP contribution in [-0.2, 0) is 0 Å². The lowest BCUT2D eigenvalue weighted by atomic mass is 10.1. The Labute approximate surface area is 117 Å². The minimum Gasteiger partial charge on any atom is -0.314 e. The Hall–Kier alpha value is -0.160. The van der Waals surface area contributed by atoms with Crippen molar-refractivity contribution in [3.8, 4) is 0 Å². The Morgan fingerprint density at radius 2 is 1.47 bits per heavy atom. The summed E-state index contributed by atoms with van der Waals surface area (Å²) >= 11 is 0. The molecule has 4 nitrogen and oxygen atoms in total. The van der Waals surface area contributed by atoms with Gasteiger partial charge in [-0.25, -0.2) is 0 Å². The smallest absolute Gasteiger partial charge is 0.0346 e. The molecule has 3 saturated heterocycles. The Morgan fingerprint density at radius 1 is 0.842 bits per heavy atom. The first-order valence-corrected chi connectivity index (χ1v) is 8.26. The predicted molar refractivity (Wildman–Crippen MR) is 77.4 cm³/mol. The number of hydrogen-bond acceptors (Lipinski definition) is 4. The van der Waals surface area contributed by atoms with E-state index in [1.807, 2.05) is 0 Å². The molecule has 0 aromatic carbocycles. The van der Waals surface area contributed by atoms with E-state index in [-0.39, 0.29) is 0 Å². The van der Waals surface area contributed by atoms with Gasteiger partial charge < -0.3 is 5.32 Å². The molecule has 4 fully saturated rings. The lowest BCUT2D eigenvalue weighted by molar-refractivity contribution is 0.0531. The van der Waals surface area contributed by atoms with E-state index in [1.54, 1.807) is 0 Å². The highest BCUT2D eigenvalue weighted by molar-refractivity contribution is 4.98. The van der Waals surface area contributed by atoms with Crippen LogP contribution in [0.4, 0.5) is 0 Å². The van der Waals surface area contributed by atoms with Crippen LogP contribution >= 0.6 is 0 Å². The van der Waals surface area contributed by atoms with Crippen LogP contribution in [0.3, 0.4) is 0 Å². The maximum atomic E-state index is 3.39. The van der Waals surface area contributed by atoms with Gasteiger partial charge in [0.05, 0.1) is 0 Å². The van der Waals surface area contributed by atoms with E-state index in [2.05, 4.69) is 26.9 Å². The van der Waals surface area contributed by atoms with Gasteiger partial charge >= 0.3 is 0 Å². The molecule has 2 unspecified atom stereocenters. The van der Waals surface area contributed by atoms with Crippen molar-refractivity contribution in [3.63, 3.8) is 0 Å². The van der Waals surface area contributed by atoms with Crippen LogP contribution in [0, 0.1) is 0 Å². The van der Waals surface area contributed by atoms with Gasteiger partial charge in [-0.1, -0.05) is 0 Å². The summed E-state index contributed by atoms with van der Waals surface area (Å²) in [6, 6.07) is 3.46. The lowest BCUT2D eigenvalue weighted by Gasteiger charge is -2.44. The van der Waals surface area contributed by atoms with Crippen LogP contribution < -0.4 is 5.32 Å². The van der Waals surface area contributed by atoms with Crippen molar-refractivity contribution in [1.82, 2.24) is 20.0 Å². The molecular formula is C15H28N4. The lowest BCUT2D eigenvalue weighted by Crippen LogP contribution is -2.62. The standard InChI is InChI=1S/C15H28N4/c1-12-8-14(11-19(12)13-2-3-13)17-4-6-18(7-5-17)15-9-16-10-15/h12-16H,2-11H2,1H3. The van der Waals surface area contributed by atoms with Gasteiger partial charge in [0.1, 0.15) is 0 Å². The zero-order valence-corrected chi connectivity index (χ0v) is 12.2. The minimum atomic E-state index is 0.825. The van der Waals surface area contributed by atoms with Gasteiger partial charge in [-0.2, -0.15) is 0 Å². The zero-order chi connectivity index (χ0) is 12.8. The van der Waals surface area contributed by atoms with Crippen molar-refractivity contribution in [1.29, 1.82) is 0 Å². The molecule has 0 bridgehead atoms. The molecule has 2 atom stereocenters. The van der Waals surface area contributed by atoms with E-state index in [0.29, 0.717) is 0 Å².